The number of nitrogens with zero attached hydrogens (tertiary/aromatic N) is 1. The van der Waals surface area contributed by atoms with Crippen LogP contribution < -0.4 is 0 Å². The molecule has 3 heterocycles. The number of rotatable bonds is 2. The minimum atomic E-state index is -1.59. The van der Waals surface area contributed by atoms with E-state index in [1.54, 1.807) is 6.07 Å². The summed E-state index contributed by atoms with van der Waals surface area (Å²) in [6.07, 6.45) is -1.54. The van der Waals surface area contributed by atoms with Crippen LogP contribution in [-0.2, 0) is 4.74 Å². The van der Waals surface area contributed by atoms with Crippen molar-refractivity contribution in [1.29, 1.82) is 0 Å². The monoisotopic (exact) mass is 298 g/mol. The molecular formula is C12H14N2O5S. The van der Waals surface area contributed by atoms with Gasteiger partial charge in [0.1, 0.15) is 29.7 Å². The molecular weight excluding hydrogens is 284 g/mol. The molecule has 1 saturated heterocycles. The molecule has 2 aromatic rings. The van der Waals surface area contributed by atoms with Crippen LogP contribution in [0.15, 0.2) is 16.7 Å². The number of aliphatic hydroxyl groups excluding tert-OH is 2. The third-order valence-corrected chi connectivity index (χ3v) is 3.84. The first-order valence-electron chi connectivity index (χ1n) is 6.09. The molecule has 0 amide bonds. The maximum Gasteiger partial charge on any atom is 0.186 e. The van der Waals surface area contributed by atoms with Crippen molar-refractivity contribution in [1.82, 2.24) is 9.97 Å². The van der Waals surface area contributed by atoms with E-state index in [2.05, 4.69) is 9.97 Å². The van der Waals surface area contributed by atoms with Gasteiger partial charge in [-0.25, -0.2) is 4.98 Å². The molecule has 0 spiro atoms. The zero-order chi connectivity index (χ0) is 14.5. The van der Waals surface area contributed by atoms with Crippen molar-refractivity contribution in [2.45, 2.75) is 30.8 Å². The van der Waals surface area contributed by atoms with Crippen molar-refractivity contribution >= 4 is 23.3 Å². The molecule has 0 radical (unpaired) electrons. The van der Waals surface area contributed by atoms with Gasteiger partial charge < -0.3 is 29.5 Å². The first-order valence-corrected chi connectivity index (χ1v) is 6.50. The Balaban J connectivity index is 2.08. The van der Waals surface area contributed by atoms with Crippen LogP contribution in [0.5, 0.6) is 0 Å². The van der Waals surface area contributed by atoms with Gasteiger partial charge in [-0.2, -0.15) is 0 Å². The number of aromatic nitrogens is 2. The van der Waals surface area contributed by atoms with Gasteiger partial charge in [-0.1, -0.05) is 12.2 Å². The van der Waals surface area contributed by atoms with E-state index in [1.165, 1.54) is 13.2 Å². The van der Waals surface area contributed by atoms with Crippen molar-refractivity contribution in [2.24, 2.45) is 0 Å². The maximum atomic E-state index is 10.4. The predicted molar refractivity (Wildman–Crippen MR) is 70.5 cm³/mol. The lowest BCUT2D eigenvalue weighted by molar-refractivity contribution is -0.0674. The molecule has 1 aliphatic rings. The summed E-state index contributed by atoms with van der Waals surface area (Å²) < 4.78 is 10.9. The number of H-pyrrole nitrogens is 1. The summed E-state index contributed by atoms with van der Waals surface area (Å²) in [4.78, 5) is 7.10. The maximum absolute atomic E-state index is 10.4. The van der Waals surface area contributed by atoms with Crippen molar-refractivity contribution in [3.05, 3.63) is 22.8 Å². The van der Waals surface area contributed by atoms with Gasteiger partial charge in [0.15, 0.2) is 10.2 Å². The van der Waals surface area contributed by atoms with Crippen LogP contribution in [0.4, 0.5) is 0 Å². The molecule has 1 unspecified atom stereocenters. The quantitative estimate of drug-likeness (QED) is 0.595. The Morgan fingerprint density at radius 1 is 1.55 bits per heavy atom. The summed E-state index contributed by atoms with van der Waals surface area (Å²) in [5.41, 5.74) is -0.516. The average Bonchev–Trinajstić information content (AvgIpc) is 2.95. The molecule has 4 atom stereocenters. The van der Waals surface area contributed by atoms with E-state index in [0.717, 1.165) is 0 Å². The molecule has 8 heteroatoms. The van der Waals surface area contributed by atoms with E-state index in [4.69, 9.17) is 26.5 Å². The molecule has 3 rings (SSSR count). The third kappa shape index (κ3) is 1.88. The van der Waals surface area contributed by atoms with Crippen LogP contribution in [0.2, 0.25) is 0 Å². The number of hydrogen-bond donors (Lipinski definition) is 4. The van der Waals surface area contributed by atoms with Crippen molar-refractivity contribution in [2.75, 3.05) is 6.61 Å². The molecule has 0 bridgehead atoms. The highest BCUT2D eigenvalue weighted by molar-refractivity contribution is 7.71. The second-order valence-electron chi connectivity index (χ2n) is 5.00. The fourth-order valence-electron chi connectivity index (χ4n) is 2.43. The van der Waals surface area contributed by atoms with Gasteiger partial charge >= 0.3 is 0 Å². The Bertz CT molecular complexity index is 694. The number of aromatic amines is 1. The van der Waals surface area contributed by atoms with Gasteiger partial charge in [0, 0.05) is 6.07 Å². The Kier molecular flexibility index (Phi) is 3.14. The van der Waals surface area contributed by atoms with Crippen LogP contribution in [0.25, 0.3) is 11.1 Å². The topological polar surface area (TPSA) is 112 Å². The van der Waals surface area contributed by atoms with E-state index in [-0.39, 0.29) is 10.5 Å². The lowest BCUT2D eigenvalue weighted by Crippen LogP contribution is -2.43. The molecule has 0 saturated carbocycles. The van der Waals surface area contributed by atoms with Gasteiger partial charge in [-0.3, -0.25) is 0 Å². The highest BCUT2D eigenvalue weighted by atomic mass is 32.1. The lowest BCUT2D eigenvalue weighted by Gasteiger charge is -2.25. The molecule has 0 aliphatic carbocycles. The fraction of sp³-hybridized carbons (Fsp3) is 0.500. The van der Waals surface area contributed by atoms with E-state index in [9.17, 15) is 10.2 Å². The van der Waals surface area contributed by atoms with Crippen LogP contribution in [0.1, 0.15) is 18.9 Å². The van der Waals surface area contributed by atoms with Crippen LogP contribution in [-0.4, -0.2) is 49.7 Å². The molecule has 7 nitrogen and oxygen atoms in total. The summed E-state index contributed by atoms with van der Waals surface area (Å²) in [5.74, 6) is 0.281. The standard InChI is InChI=1S/C12H14N2O5S/c1-12(17)8(16)6(4-15)19-9(12)10-13-5-2-3-18-7(5)11(20)14-10/h2-3,6,8-9,15-17H,4H2,1H3,(H,13,14,20)/t6-,8-,9?,12-/m1/s1. The molecule has 20 heavy (non-hydrogen) atoms. The normalized spacial score (nSPS) is 33.9. The highest BCUT2D eigenvalue weighted by Crippen LogP contribution is 2.40. The molecule has 1 fully saturated rings. The highest BCUT2D eigenvalue weighted by Gasteiger charge is 2.53. The number of aliphatic hydroxyl groups is 3. The van der Waals surface area contributed by atoms with Crippen molar-refractivity contribution < 1.29 is 24.5 Å². The average molecular weight is 298 g/mol. The number of nitrogens with one attached hydrogen (secondary N) is 1. The third-order valence-electron chi connectivity index (χ3n) is 3.57. The van der Waals surface area contributed by atoms with Crippen LogP contribution >= 0.6 is 12.2 Å². The summed E-state index contributed by atoms with van der Waals surface area (Å²) in [6.45, 7) is 1.03. The summed E-state index contributed by atoms with van der Waals surface area (Å²) in [5, 5.41) is 29.5. The largest absolute Gasteiger partial charge is 0.460 e. The summed E-state index contributed by atoms with van der Waals surface area (Å²) in [6, 6.07) is 1.68. The van der Waals surface area contributed by atoms with Crippen molar-refractivity contribution in [3.8, 4) is 0 Å². The van der Waals surface area contributed by atoms with Gasteiger partial charge in [0.05, 0.1) is 18.4 Å². The van der Waals surface area contributed by atoms with Gasteiger partial charge in [-0.15, -0.1) is 0 Å². The predicted octanol–water partition coefficient (Wildman–Crippen LogP) is 0.429. The van der Waals surface area contributed by atoms with Crippen LogP contribution in [0.3, 0.4) is 0 Å². The Morgan fingerprint density at radius 3 is 2.95 bits per heavy atom. The minimum absolute atomic E-state index is 0.236. The second-order valence-corrected chi connectivity index (χ2v) is 5.39. The summed E-state index contributed by atoms with van der Waals surface area (Å²) in [7, 11) is 0. The van der Waals surface area contributed by atoms with E-state index in [0.29, 0.717) is 11.1 Å². The van der Waals surface area contributed by atoms with Gasteiger partial charge in [0.2, 0.25) is 0 Å². The molecule has 2 aromatic heterocycles. The van der Waals surface area contributed by atoms with Gasteiger partial charge in [0.25, 0.3) is 0 Å². The molecule has 1 aliphatic heterocycles. The van der Waals surface area contributed by atoms with Crippen molar-refractivity contribution in [3.63, 3.8) is 0 Å². The fourth-order valence-corrected chi connectivity index (χ4v) is 2.68. The Hall–Kier alpha value is -1.32. The van der Waals surface area contributed by atoms with E-state index in [1.807, 2.05) is 0 Å². The zero-order valence-electron chi connectivity index (χ0n) is 10.6. The Labute approximate surface area is 118 Å². The first kappa shape index (κ1) is 13.7. The van der Waals surface area contributed by atoms with Crippen LogP contribution in [0, 0.1) is 4.64 Å². The number of furan rings is 1. The van der Waals surface area contributed by atoms with E-state index >= 15 is 0 Å². The Morgan fingerprint density at radius 2 is 2.30 bits per heavy atom. The molecule has 108 valence electrons. The number of hydrogen-bond acceptors (Lipinski definition) is 7. The lowest BCUT2D eigenvalue weighted by atomic mass is 9.92. The SMILES string of the molecule is C[C@]1(O)C(c2nc(=S)c3occc3[nH]2)O[C@H](CO)[C@H]1O. The zero-order valence-corrected chi connectivity index (χ0v) is 11.4. The second kappa shape index (κ2) is 4.61. The number of ether oxygens (including phenoxy) is 1. The van der Waals surface area contributed by atoms with E-state index < -0.39 is 30.5 Å². The van der Waals surface area contributed by atoms with Gasteiger partial charge in [-0.05, 0) is 6.92 Å². The smallest absolute Gasteiger partial charge is 0.186 e. The minimum Gasteiger partial charge on any atom is -0.460 e. The summed E-state index contributed by atoms with van der Waals surface area (Å²) >= 11 is 5.12. The molecule has 0 aromatic carbocycles. The number of fused-ring (bicyclic) bond motifs is 1. The first-order chi connectivity index (χ1) is 9.45. The molecule has 4 N–H and O–H groups in total.